The minimum absolute atomic E-state index is 0.110. The van der Waals surface area contributed by atoms with Gasteiger partial charge in [0.1, 0.15) is 5.01 Å². The largest absolute Gasteiger partial charge is 0.382 e. The molecule has 1 atom stereocenters. The van der Waals surface area contributed by atoms with Crippen LogP contribution in [0.5, 0.6) is 0 Å². The number of methoxy groups -OCH3 is 1. The number of nitrogens with one attached hydrogen (secondary N) is 1. The number of ether oxygens (including phenoxy) is 2. The Morgan fingerprint density at radius 3 is 2.82 bits per heavy atom. The fourth-order valence-corrected chi connectivity index (χ4v) is 2.03. The zero-order valence-corrected chi connectivity index (χ0v) is 11.8. The second-order valence-electron chi connectivity index (χ2n) is 4.35. The van der Waals surface area contributed by atoms with Crippen LogP contribution in [0.1, 0.15) is 31.5 Å². The zero-order chi connectivity index (χ0) is 12.7. The number of thiazole rings is 1. The molecule has 1 aromatic rings. The summed E-state index contributed by atoms with van der Waals surface area (Å²) in [5.74, 6) is 0. The molecule has 17 heavy (non-hydrogen) atoms. The van der Waals surface area contributed by atoms with Gasteiger partial charge < -0.3 is 14.8 Å². The minimum Gasteiger partial charge on any atom is -0.382 e. The number of rotatable bonds is 8. The van der Waals surface area contributed by atoms with Gasteiger partial charge in [-0.05, 0) is 6.92 Å². The Balaban J connectivity index is 2.30. The Morgan fingerprint density at radius 1 is 1.41 bits per heavy atom. The third kappa shape index (κ3) is 6.12. The molecule has 1 aromatic heterocycles. The van der Waals surface area contributed by atoms with Gasteiger partial charge in [-0.1, -0.05) is 13.8 Å². The number of hydrogen-bond acceptors (Lipinski definition) is 5. The SMILES string of the molecule is COCC(C)OCc1csc(CNC(C)C)n1. The van der Waals surface area contributed by atoms with Crippen molar-refractivity contribution in [2.45, 2.75) is 46.1 Å². The molecule has 1 unspecified atom stereocenters. The average molecular weight is 258 g/mol. The highest BCUT2D eigenvalue weighted by Gasteiger charge is 2.06. The Labute approximate surface area is 107 Å². The van der Waals surface area contributed by atoms with E-state index in [1.165, 1.54) is 0 Å². The maximum Gasteiger partial charge on any atom is 0.107 e. The molecule has 4 nitrogen and oxygen atoms in total. The molecule has 0 aliphatic carbocycles. The standard InChI is InChI=1S/C12H22N2O2S/c1-9(2)13-5-12-14-11(8-17-12)7-16-10(3)6-15-4/h8-10,13H,5-7H2,1-4H3. The summed E-state index contributed by atoms with van der Waals surface area (Å²) in [5.41, 5.74) is 0.999. The highest BCUT2D eigenvalue weighted by atomic mass is 32.1. The molecule has 98 valence electrons. The second-order valence-corrected chi connectivity index (χ2v) is 5.29. The van der Waals surface area contributed by atoms with Crippen LogP contribution in [-0.4, -0.2) is 30.8 Å². The summed E-state index contributed by atoms with van der Waals surface area (Å²) in [6.45, 7) is 8.26. The van der Waals surface area contributed by atoms with E-state index in [1.807, 2.05) is 6.92 Å². The van der Waals surface area contributed by atoms with Gasteiger partial charge in [0.25, 0.3) is 0 Å². The highest BCUT2D eigenvalue weighted by molar-refractivity contribution is 7.09. The predicted molar refractivity (Wildman–Crippen MR) is 70.2 cm³/mol. The molecule has 1 rings (SSSR count). The van der Waals surface area contributed by atoms with Crippen LogP contribution in [0.3, 0.4) is 0 Å². The quantitative estimate of drug-likeness (QED) is 0.776. The Bertz CT molecular complexity index is 315. The number of hydrogen-bond donors (Lipinski definition) is 1. The van der Waals surface area contributed by atoms with E-state index in [0.717, 1.165) is 17.2 Å². The van der Waals surface area contributed by atoms with Crippen LogP contribution >= 0.6 is 11.3 Å². The summed E-state index contributed by atoms with van der Waals surface area (Å²) < 4.78 is 10.6. The molecule has 5 heteroatoms. The smallest absolute Gasteiger partial charge is 0.107 e. The first-order chi connectivity index (χ1) is 8.11. The molecule has 1 N–H and O–H groups in total. The van der Waals surface area contributed by atoms with Crippen LogP contribution in [0.2, 0.25) is 0 Å². The van der Waals surface area contributed by atoms with Crippen molar-refractivity contribution in [1.29, 1.82) is 0 Å². The second kappa shape index (κ2) is 7.76. The molecule has 0 amide bonds. The van der Waals surface area contributed by atoms with Gasteiger partial charge in [-0.2, -0.15) is 0 Å². The molecule has 1 heterocycles. The first-order valence-electron chi connectivity index (χ1n) is 5.89. The molecular weight excluding hydrogens is 236 g/mol. The van der Waals surface area contributed by atoms with E-state index in [1.54, 1.807) is 18.4 Å². The van der Waals surface area contributed by atoms with Crippen LogP contribution in [0, 0.1) is 0 Å². The lowest BCUT2D eigenvalue weighted by atomic mass is 10.4. The van der Waals surface area contributed by atoms with Crippen molar-refractivity contribution in [2.75, 3.05) is 13.7 Å². The van der Waals surface area contributed by atoms with E-state index in [4.69, 9.17) is 9.47 Å². The molecule has 0 fully saturated rings. The van der Waals surface area contributed by atoms with Gasteiger partial charge in [-0.15, -0.1) is 11.3 Å². The average Bonchev–Trinajstić information content (AvgIpc) is 2.72. The van der Waals surface area contributed by atoms with E-state index in [-0.39, 0.29) is 6.10 Å². The van der Waals surface area contributed by atoms with Crippen molar-refractivity contribution in [1.82, 2.24) is 10.3 Å². The molecule has 0 bridgehead atoms. The normalized spacial score (nSPS) is 13.2. The summed E-state index contributed by atoms with van der Waals surface area (Å²) >= 11 is 1.67. The summed E-state index contributed by atoms with van der Waals surface area (Å²) in [5, 5.41) is 6.51. The van der Waals surface area contributed by atoms with E-state index >= 15 is 0 Å². The monoisotopic (exact) mass is 258 g/mol. The fourth-order valence-electron chi connectivity index (χ4n) is 1.30. The van der Waals surface area contributed by atoms with Crippen LogP contribution in [0.25, 0.3) is 0 Å². The van der Waals surface area contributed by atoms with Crippen LogP contribution in [0.4, 0.5) is 0 Å². The van der Waals surface area contributed by atoms with Crippen LogP contribution in [-0.2, 0) is 22.6 Å². The molecule has 0 saturated carbocycles. The highest BCUT2D eigenvalue weighted by Crippen LogP contribution is 2.11. The Hall–Kier alpha value is -0.490. The van der Waals surface area contributed by atoms with Gasteiger partial charge >= 0.3 is 0 Å². The third-order valence-corrected chi connectivity index (χ3v) is 3.08. The van der Waals surface area contributed by atoms with Gasteiger partial charge in [0.15, 0.2) is 0 Å². The molecular formula is C12H22N2O2S. The first-order valence-corrected chi connectivity index (χ1v) is 6.77. The van der Waals surface area contributed by atoms with Crippen LogP contribution < -0.4 is 5.32 Å². The van der Waals surface area contributed by atoms with E-state index in [9.17, 15) is 0 Å². The van der Waals surface area contributed by atoms with Gasteiger partial charge in [-0.25, -0.2) is 4.98 Å². The van der Waals surface area contributed by atoms with Gasteiger partial charge in [0.2, 0.25) is 0 Å². The third-order valence-electron chi connectivity index (χ3n) is 2.18. The van der Waals surface area contributed by atoms with E-state index in [2.05, 4.69) is 29.5 Å². The maximum absolute atomic E-state index is 5.61. The van der Waals surface area contributed by atoms with Crippen molar-refractivity contribution in [3.63, 3.8) is 0 Å². The summed E-state index contributed by atoms with van der Waals surface area (Å²) in [6, 6.07) is 0.486. The Kier molecular flexibility index (Phi) is 6.65. The topological polar surface area (TPSA) is 43.4 Å². The summed E-state index contributed by atoms with van der Waals surface area (Å²) in [6.07, 6.45) is 0.110. The minimum atomic E-state index is 0.110. The van der Waals surface area contributed by atoms with Gasteiger partial charge in [-0.3, -0.25) is 0 Å². The molecule has 0 radical (unpaired) electrons. The van der Waals surface area contributed by atoms with Crippen LogP contribution in [0.15, 0.2) is 5.38 Å². The predicted octanol–water partition coefficient (Wildman–Crippen LogP) is 2.19. The van der Waals surface area contributed by atoms with Gasteiger partial charge in [0.05, 0.1) is 25.0 Å². The summed E-state index contributed by atoms with van der Waals surface area (Å²) in [4.78, 5) is 4.50. The van der Waals surface area contributed by atoms with Gasteiger partial charge in [0, 0.05) is 25.1 Å². The van der Waals surface area contributed by atoms with Crippen molar-refractivity contribution < 1.29 is 9.47 Å². The van der Waals surface area contributed by atoms with Crippen molar-refractivity contribution in [3.8, 4) is 0 Å². The lowest BCUT2D eigenvalue weighted by Crippen LogP contribution is -2.21. The van der Waals surface area contributed by atoms with E-state index < -0.39 is 0 Å². The summed E-state index contributed by atoms with van der Waals surface area (Å²) in [7, 11) is 1.68. The van der Waals surface area contributed by atoms with Crippen molar-refractivity contribution in [3.05, 3.63) is 16.1 Å². The lowest BCUT2D eigenvalue weighted by Gasteiger charge is -2.10. The molecule has 0 saturated heterocycles. The van der Waals surface area contributed by atoms with Crippen molar-refractivity contribution >= 4 is 11.3 Å². The number of nitrogens with zero attached hydrogens (tertiary/aromatic N) is 1. The fraction of sp³-hybridized carbons (Fsp3) is 0.750. The van der Waals surface area contributed by atoms with E-state index in [0.29, 0.717) is 19.3 Å². The Morgan fingerprint density at radius 2 is 2.18 bits per heavy atom. The molecule has 0 aliphatic heterocycles. The maximum atomic E-state index is 5.61. The number of aromatic nitrogens is 1. The molecule has 0 spiro atoms. The lowest BCUT2D eigenvalue weighted by molar-refractivity contribution is -0.00123. The zero-order valence-electron chi connectivity index (χ0n) is 11.0. The van der Waals surface area contributed by atoms with Crippen molar-refractivity contribution in [2.24, 2.45) is 0 Å². The molecule has 0 aliphatic rings. The molecule has 0 aromatic carbocycles. The first kappa shape index (κ1) is 14.6.